The fourth-order valence-electron chi connectivity index (χ4n) is 7.15. The summed E-state index contributed by atoms with van der Waals surface area (Å²) in [5.74, 6) is 1.87. The summed E-state index contributed by atoms with van der Waals surface area (Å²) in [6, 6.07) is 23.3. The molecule has 4 heterocycles. The zero-order chi connectivity index (χ0) is 45.8. The van der Waals surface area contributed by atoms with E-state index in [1.807, 2.05) is 60.8 Å². The Labute approximate surface area is 333 Å². The number of pyridine rings is 1. The van der Waals surface area contributed by atoms with Crippen LogP contribution in [-0.4, -0.2) is 18.9 Å². The average Bonchev–Trinajstić information content (AvgIpc) is 3.88. The molecule has 0 fully saturated rings. The maximum Gasteiger partial charge on any atom is 0.269 e. The lowest BCUT2D eigenvalue weighted by Crippen LogP contribution is -2.30. The third-order valence-corrected chi connectivity index (χ3v) is 9.79. The SMILES string of the molecule is [2H]c1c([2H])c([2H])c(-c2cccc(-c3c([2H])c([2H])c([2H])c([2H])c3[2H])c2-[n+]2[c-]n3c(cnc4ccc(Oc5ccc6c7ccccc7n(-c7cc(C(C)(C)C)ccn7)c6c5)cc43)c2)c([2H])c1[2H]. The molecule has 10 rings (SSSR count). The van der Waals surface area contributed by atoms with Crippen molar-refractivity contribution in [3.05, 3.63) is 182 Å². The van der Waals surface area contributed by atoms with Crippen molar-refractivity contribution in [1.29, 1.82) is 0 Å². The number of nitrogens with zero attached hydrogens (tertiary/aromatic N) is 5. The van der Waals surface area contributed by atoms with Crippen molar-refractivity contribution < 1.29 is 23.0 Å². The van der Waals surface area contributed by atoms with Crippen molar-refractivity contribution in [2.24, 2.45) is 0 Å². The van der Waals surface area contributed by atoms with E-state index in [0.717, 1.165) is 33.2 Å². The summed E-state index contributed by atoms with van der Waals surface area (Å²) in [7, 11) is 0. The van der Waals surface area contributed by atoms with Crippen LogP contribution in [0.5, 0.6) is 11.5 Å². The molecule has 6 nitrogen and oxygen atoms in total. The van der Waals surface area contributed by atoms with Gasteiger partial charge < -0.3 is 4.74 Å². The maximum atomic E-state index is 8.89. The molecule has 0 bridgehead atoms. The monoisotopic (exact) mass is 721 g/mol. The minimum atomic E-state index is -0.568. The van der Waals surface area contributed by atoms with Crippen LogP contribution in [0.15, 0.2) is 170 Å². The van der Waals surface area contributed by atoms with Gasteiger partial charge in [0.1, 0.15) is 17.3 Å². The molecule has 0 radical (unpaired) electrons. The fraction of sp³-hybridized carbons (Fsp3) is 0.0816. The number of fused-ring (bicyclic) bond motifs is 6. The molecule has 55 heavy (non-hydrogen) atoms. The van der Waals surface area contributed by atoms with Crippen molar-refractivity contribution in [2.75, 3.05) is 0 Å². The molecule has 4 aromatic heterocycles. The molecule has 6 aromatic carbocycles. The molecule has 0 amide bonds. The first kappa shape index (κ1) is 23.6. The molecule has 6 heteroatoms. The second-order valence-corrected chi connectivity index (χ2v) is 14.3. The number of rotatable bonds is 6. The van der Waals surface area contributed by atoms with Crippen molar-refractivity contribution in [2.45, 2.75) is 26.2 Å². The minimum absolute atomic E-state index is 0.0855. The summed E-state index contributed by atoms with van der Waals surface area (Å²) in [5, 5.41) is 2.12. The Bertz CT molecular complexity index is 3510. The van der Waals surface area contributed by atoms with E-state index in [0.29, 0.717) is 28.0 Å². The predicted molar refractivity (Wildman–Crippen MR) is 221 cm³/mol. The van der Waals surface area contributed by atoms with E-state index in [9.17, 15) is 0 Å². The number of para-hydroxylation sites is 2. The van der Waals surface area contributed by atoms with Gasteiger partial charge >= 0.3 is 0 Å². The molecular weight excluding hydrogens is 675 g/mol. The zero-order valence-corrected chi connectivity index (χ0v) is 30.0. The van der Waals surface area contributed by atoms with Crippen molar-refractivity contribution in [3.8, 4) is 45.3 Å². The fourth-order valence-corrected chi connectivity index (χ4v) is 7.15. The van der Waals surface area contributed by atoms with Crippen molar-refractivity contribution >= 4 is 38.4 Å². The van der Waals surface area contributed by atoms with Gasteiger partial charge in [0.05, 0.1) is 47.0 Å². The number of benzene rings is 6. The predicted octanol–water partition coefficient (Wildman–Crippen LogP) is 11.5. The summed E-state index contributed by atoms with van der Waals surface area (Å²) >= 11 is 0. The van der Waals surface area contributed by atoms with Crippen LogP contribution >= 0.6 is 0 Å². The molecule has 264 valence electrons. The summed E-state index contributed by atoms with van der Waals surface area (Å²) in [6.45, 7) is 6.52. The zero-order valence-electron chi connectivity index (χ0n) is 40.0. The van der Waals surface area contributed by atoms with Gasteiger partial charge in [-0.3, -0.25) is 18.5 Å². The van der Waals surface area contributed by atoms with E-state index in [1.165, 1.54) is 4.57 Å². The minimum Gasteiger partial charge on any atom is -0.458 e. The van der Waals surface area contributed by atoms with Crippen LogP contribution in [0.25, 0.3) is 72.1 Å². The molecule has 0 spiro atoms. The molecule has 0 saturated carbocycles. The second kappa shape index (κ2) is 12.8. The van der Waals surface area contributed by atoms with Gasteiger partial charge in [-0.05, 0) is 81.8 Å². The Hall–Kier alpha value is -7.05. The lowest BCUT2D eigenvalue weighted by molar-refractivity contribution is -0.597. The first-order valence-corrected chi connectivity index (χ1v) is 17.7. The Morgan fingerprint density at radius 2 is 1.35 bits per heavy atom. The van der Waals surface area contributed by atoms with E-state index in [-0.39, 0.29) is 33.4 Å². The summed E-state index contributed by atoms with van der Waals surface area (Å²) in [6.07, 6.45) is 8.46. The standard InChI is InChI=1S/C49H37N5O/c1-49(2,3)35-25-26-50-47(27-35)54-44-20-11-10-17-41(44)42-23-21-37(28-45(42)54)55-38-22-24-43-46(29-38)53-32-52(31-36(53)30-51-43)48-39(33-13-6-4-7-14-33)18-12-19-40(48)34-15-8-5-9-16-34/h4-31H,1-3H3/i4D,5D,6D,7D,8D,9D,13D,14D,15D,16D. The first-order valence-electron chi connectivity index (χ1n) is 22.7. The highest BCUT2D eigenvalue weighted by Crippen LogP contribution is 2.37. The van der Waals surface area contributed by atoms with Gasteiger partial charge in [0.2, 0.25) is 0 Å². The third kappa shape index (κ3) is 5.70. The van der Waals surface area contributed by atoms with E-state index in [4.69, 9.17) is 28.4 Å². The smallest absolute Gasteiger partial charge is 0.269 e. The molecular formula is C49H37N5O. The first-order chi connectivity index (χ1) is 31.0. The Kier molecular flexibility index (Phi) is 5.49. The quantitative estimate of drug-likeness (QED) is 0.127. The largest absolute Gasteiger partial charge is 0.458 e. The van der Waals surface area contributed by atoms with Gasteiger partial charge in [0.15, 0.2) is 0 Å². The van der Waals surface area contributed by atoms with E-state index in [1.54, 1.807) is 35.0 Å². The van der Waals surface area contributed by atoms with Gasteiger partial charge in [0, 0.05) is 35.4 Å². The molecule has 0 aliphatic heterocycles. The third-order valence-electron chi connectivity index (χ3n) is 9.79. The van der Waals surface area contributed by atoms with Crippen LogP contribution in [0, 0.1) is 6.33 Å². The molecule has 0 saturated heterocycles. The lowest BCUT2D eigenvalue weighted by Gasteiger charge is -2.20. The highest BCUT2D eigenvalue weighted by molar-refractivity contribution is 6.09. The van der Waals surface area contributed by atoms with E-state index >= 15 is 0 Å². The molecule has 10 aromatic rings. The number of hydrogen-bond acceptors (Lipinski definition) is 3. The van der Waals surface area contributed by atoms with E-state index in [2.05, 4.69) is 49.9 Å². The van der Waals surface area contributed by atoms with Crippen LogP contribution in [0.1, 0.15) is 40.0 Å². The van der Waals surface area contributed by atoms with E-state index < -0.39 is 60.4 Å². The topological polar surface area (TPSA) is 48.2 Å². The molecule has 0 aliphatic rings. The maximum absolute atomic E-state index is 8.89. The van der Waals surface area contributed by atoms with Gasteiger partial charge in [-0.1, -0.05) is 118 Å². The summed E-state index contributed by atoms with van der Waals surface area (Å²) < 4.78 is 97.9. The van der Waals surface area contributed by atoms with Crippen LogP contribution in [0.4, 0.5) is 0 Å². The Morgan fingerprint density at radius 1 is 0.673 bits per heavy atom. The number of hydrogen-bond donors (Lipinski definition) is 0. The lowest BCUT2D eigenvalue weighted by atomic mass is 9.88. The molecule has 0 atom stereocenters. The average molecular weight is 722 g/mol. The van der Waals surface area contributed by atoms with Crippen LogP contribution in [0.3, 0.4) is 0 Å². The number of aromatic nitrogens is 5. The van der Waals surface area contributed by atoms with Crippen molar-refractivity contribution in [3.63, 3.8) is 0 Å². The highest BCUT2D eigenvalue weighted by atomic mass is 16.5. The Morgan fingerprint density at radius 3 is 2.07 bits per heavy atom. The number of ether oxygens (including phenoxy) is 1. The Balaban J connectivity index is 1.14. The highest BCUT2D eigenvalue weighted by Gasteiger charge is 2.19. The van der Waals surface area contributed by atoms with Crippen LogP contribution in [-0.2, 0) is 5.41 Å². The molecule has 0 N–H and O–H groups in total. The normalized spacial score (nSPS) is 14.5. The van der Waals surface area contributed by atoms with Gasteiger partial charge in [0.25, 0.3) is 6.33 Å². The molecule has 0 unspecified atom stereocenters. The summed E-state index contributed by atoms with van der Waals surface area (Å²) in [5.41, 5.74) is 4.91. The van der Waals surface area contributed by atoms with Crippen LogP contribution < -0.4 is 9.30 Å². The van der Waals surface area contributed by atoms with Gasteiger partial charge in [-0.15, -0.1) is 0 Å². The van der Waals surface area contributed by atoms with Gasteiger partial charge in [-0.25, -0.2) is 4.98 Å². The van der Waals surface area contributed by atoms with Crippen molar-refractivity contribution in [1.82, 2.24) is 18.9 Å². The van der Waals surface area contributed by atoms with Crippen LogP contribution in [0.2, 0.25) is 0 Å². The van der Waals surface area contributed by atoms with Gasteiger partial charge in [-0.2, -0.15) is 0 Å². The number of imidazole rings is 1. The summed E-state index contributed by atoms with van der Waals surface area (Å²) in [4.78, 5) is 9.50. The molecule has 0 aliphatic carbocycles. The second-order valence-electron chi connectivity index (χ2n) is 14.3.